The number of benzene rings is 1. The minimum absolute atomic E-state index is 0.307. The van der Waals surface area contributed by atoms with Crippen LogP contribution in [-0.2, 0) is 6.18 Å². The van der Waals surface area contributed by atoms with Crippen molar-refractivity contribution in [3.63, 3.8) is 0 Å². The van der Waals surface area contributed by atoms with Crippen molar-refractivity contribution in [2.24, 2.45) is 0 Å². The Bertz CT molecular complexity index is 311. The number of nitrogens with one attached hydrogen (secondary N) is 1. The van der Waals surface area contributed by atoms with Crippen LogP contribution >= 0.6 is 11.8 Å². The molecule has 0 aromatic heterocycles. The van der Waals surface area contributed by atoms with E-state index in [1.165, 1.54) is 6.07 Å². The Morgan fingerprint density at radius 3 is 2.50 bits per heavy atom. The van der Waals surface area contributed by atoms with Gasteiger partial charge < -0.3 is 0 Å². The van der Waals surface area contributed by atoms with Crippen molar-refractivity contribution in [3.05, 3.63) is 35.4 Å². The zero-order valence-corrected chi connectivity index (χ0v) is 8.15. The average Bonchev–Trinajstić information content (AvgIpc) is 2.15. The summed E-state index contributed by atoms with van der Waals surface area (Å²) < 4.78 is 36.8. The first-order chi connectivity index (χ1) is 6.45. The van der Waals surface area contributed by atoms with Gasteiger partial charge in [-0.2, -0.15) is 13.2 Å². The maximum atomic E-state index is 12.3. The molecule has 0 heterocycles. The maximum Gasteiger partial charge on any atom is 0.416 e. The van der Waals surface area contributed by atoms with Crippen LogP contribution in [-0.4, -0.2) is 0 Å². The number of hydrogen-bond acceptors (Lipinski definition) is 1. The Morgan fingerprint density at radius 2 is 2.00 bits per heavy atom. The van der Waals surface area contributed by atoms with Crippen LogP contribution in [0.25, 0.3) is 0 Å². The molecule has 0 aliphatic carbocycles. The van der Waals surface area contributed by atoms with Crippen LogP contribution < -0.4 is 4.84 Å². The fourth-order valence-corrected chi connectivity index (χ4v) is 1.17. The molecule has 1 aromatic rings. The normalized spacial score (nSPS) is 14.1. The van der Waals surface area contributed by atoms with Gasteiger partial charge in [0.05, 0.1) is 5.56 Å². The zero-order valence-electron chi connectivity index (χ0n) is 7.40. The minimum atomic E-state index is -4.30. The van der Waals surface area contributed by atoms with E-state index < -0.39 is 11.7 Å². The fraction of sp³-hybridized carbons (Fsp3) is 0.333. The second kappa shape index (κ2) is 4.19. The summed E-state index contributed by atoms with van der Waals surface area (Å²) in [5, 5.41) is 0. The molecule has 0 saturated carbocycles. The van der Waals surface area contributed by atoms with Crippen molar-refractivity contribution in [3.8, 4) is 0 Å². The maximum absolute atomic E-state index is 12.3. The molecule has 0 fully saturated rings. The lowest BCUT2D eigenvalue weighted by Crippen LogP contribution is -2.10. The third-order valence-electron chi connectivity index (χ3n) is 1.88. The Hall–Kier alpha value is -0.740. The molecule has 78 valence electrons. The van der Waals surface area contributed by atoms with Crippen molar-refractivity contribution in [1.82, 2.24) is 4.84 Å². The van der Waals surface area contributed by atoms with Crippen molar-refractivity contribution in [2.45, 2.75) is 19.1 Å². The van der Waals surface area contributed by atoms with Crippen LogP contribution in [0.15, 0.2) is 24.3 Å². The molecule has 0 spiro atoms. The molecule has 0 radical (unpaired) electrons. The second-order valence-electron chi connectivity index (χ2n) is 2.95. The lowest BCUT2D eigenvalue weighted by Gasteiger charge is -2.12. The molecular weight excluding hydrogens is 215 g/mol. The predicted octanol–water partition coefficient (Wildman–Crippen LogP) is 3.51. The summed E-state index contributed by atoms with van der Waals surface area (Å²) in [7, 11) is 0. The monoisotopic (exact) mass is 223 g/mol. The SMILES string of the molecule is C[C@H](NCl)c1cccc(C(F)(F)F)c1. The Labute approximate surface area is 85.0 Å². The van der Waals surface area contributed by atoms with Gasteiger partial charge in [-0.15, -0.1) is 0 Å². The predicted molar refractivity (Wildman–Crippen MR) is 48.8 cm³/mol. The van der Waals surface area contributed by atoms with Gasteiger partial charge in [-0.3, -0.25) is 0 Å². The minimum Gasteiger partial charge on any atom is -0.226 e. The Kier molecular flexibility index (Phi) is 3.39. The van der Waals surface area contributed by atoms with Crippen LogP contribution in [0.3, 0.4) is 0 Å². The first-order valence-corrected chi connectivity index (χ1v) is 4.36. The molecular formula is C9H9ClF3N. The molecule has 1 N–H and O–H groups in total. The fourth-order valence-electron chi connectivity index (χ4n) is 1.05. The summed E-state index contributed by atoms with van der Waals surface area (Å²) in [6, 6.07) is 4.77. The summed E-state index contributed by atoms with van der Waals surface area (Å²) in [4.78, 5) is 2.36. The van der Waals surface area contributed by atoms with E-state index in [9.17, 15) is 13.2 Å². The van der Waals surface area contributed by atoms with E-state index in [2.05, 4.69) is 4.84 Å². The summed E-state index contributed by atoms with van der Waals surface area (Å²) in [6.07, 6.45) is -4.30. The average molecular weight is 224 g/mol. The van der Waals surface area contributed by atoms with E-state index in [0.717, 1.165) is 12.1 Å². The van der Waals surface area contributed by atoms with E-state index in [-0.39, 0.29) is 6.04 Å². The lowest BCUT2D eigenvalue weighted by atomic mass is 10.1. The Balaban J connectivity index is 3.01. The Morgan fingerprint density at radius 1 is 1.36 bits per heavy atom. The van der Waals surface area contributed by atoms with Gasteiger partial charge in [-0.25, -0.2) is 4.84 Å². The van der Waals surface area contributed by atoms with Gasteiger partial charge in [0.2, 0.25) is 0 Å². The number of hydrogen-bond donors (Lipinski definition) is 1. The van der Waals surface area contributed by atoms with Crippen LogP contribution in [0.5, 0.6) is 0 Å². The van der Waals surface area contributed by atoms with Gasteiger partial charge in [0, 0.05) is 6.04 Å². The van der Waals surface area contributed by atoms with Crippen LogP contribution in [0, 0.1) is 0 Å². The summed E-state index contributed by atoms with van der Waals surface area (Å²) in [5.74, 6) is 0. The van der Waals surface area contributed by atoms with Crippen LogP contribution in [0.2, 0.25) is 0 Å². The number of halogens is 4. The van der Waals surface area contributed by atoms with E-state index in [1.54, 1.807) is 13.0 Å². The highest BCUT2D eigenvalue weighted by molar-refractivity contribution is 6.13. The molecule has 0 unspecified atom stereocenters. The summed E-state index contributed by atoms with van der Waals surface area (Å²) >= 11 is 5.32. The van der Waals surface area contributed by atoms with Crippen molar-refractivity contribution in [2.75, 3.05) is 0 Å². The van der Waals surface area contributed by atoms with Gasteiger partial charge in [0.25, 0.3) is 0 Å². The molecule has 1 rings (SSSR count). The molecule has 1 aromatic carbocycles. The molecule has 5 heteroatoms. The van der Waals surface area contributed by atoms with Gasteiger partial charge in [0.1, 0.15) is 0 Å². The van der Waals surface area contributed by atoms with Crippen LogP contribution in [0.4, 0.5) is 13.2 Å². The quantitative estimate of drug-likeness (QED) is 0.757. The van der Waals surface area contributed by atoms with E-state index in [0.29, 0.717) is 5.56 Å². The molecule has 0 bridgehead atoms. The molecule has 1 atom stereocenters. The summed E-state index contributed by atoms with van der Waals surface area (Å²) in [5.41, 5.74) is -0.149. The third-order valence-corrected chi connectivity index (χ3v) is 2.20. The molecule has 0 saturated heterocycles. The van der Waals surface area contributed by atoms with E-state index in [1.807, 2.05) is 0 Å². The lowest BCUT2D eigenvalue weighted by molar-refractivity contribution is -0.137. The van der Waals surface area contributed by atoms with Crippen LogP contribution in [0.1, 0.15) is 24.1 Å². The van der Waals surface area contributed by atoms with Gasteiger partial charge in [-0.1, -0.05) is 12.1 Å². The first-order valence-electron chi connectivity index (χ1n) is 3.98. The largest absolute Gasteiger partial charge is 0.416 e. The molecule has 0 aliphatic rings. The smallest absolute Gasteiger partial charge is 0.226 e. The molecule has 0 aliphatic heterocycles. The highest BCUT2D eigenvalue weighted by Crippen LogP contribution is 2.30. The zero-order chi connectivity index (χ0) is 10.8. The van der Waals surface area contributed by atoms with Crippen molar-refractivity contribution >= 4 is 11.8 Å². The third kappa shape index (κ3) is 2.62. The van der Waals surface area contributed by atoms with Gasteiger partial charge in [-0.05, 0) is 36.4 Å². The molecule has 14 heavy (non-hydrogen) atoms. The number of rotatable bonds is 2. The van der Waals surface area contributed by atoms with Crippen molar-refractivity contribution < 1.29 is 13.2 Å². The second-order valence-corrected chi connectivity index (χ2v) is 3.17. The van der Waals surface area contributed by atoms with E-state index >= 15 is 0 Å². The van der Waals surface area contributed by atoms with Gasteiger partial charge >= 0.3 is 6.18 Å². The van der Waals surface area contributed by atoms with E-state index in [4.69, 9.17) is 11.8 Å². The molecule has 0 amide bonds. The topological polar surface area (TPSA) is 12.0 Å². The van der Waals surface area contributed by atoms with Crippen molar-refractivity contribution in [1.29, 1.82) is 0 Å². The summed E-state index contributed by atoms with van der Waals surface area (Å²) in [6.45, 7) is 1.68. The first kappa shape index (κ1) is 11.3. The highest BCUT2D eigenvalue weighted by atomic mass is 35.5. The standard InChI is InChI=1S/C9H9ClF3N/c1-6(14-10)7-3-2-4-8(5-7)9(11,12)13/h2-6,14H,1H3/t6-/m0/s1. The highest BCUT2D eigenvalue weighted by Gasteiger charge is 2.30. The number of alkyl halides is 3. The van der Waals surface area contributed by atoms with Gasteiger partial charge in [0.15, 0.2) is 0 Å². The molecule has 1 nitrogen and oxygen atoms in total.